The zero-order valence-corrected chi connectivity index (χ0v) is 11.4. The molecule has 0 aromatic carbocycles. The van der Waals surface area contributed by atoms with Crippen LogP contribution in [0.5, 0.6) is 0 Å². The highest BCUT2D eigenvalue weighted by atomic mass is 16.4. The van der Waals surface area contributed by atoms with Crippen molar-refractivity contribution in [2.75, 3.05) is 14.1 Å². The second-order valence-corrected chi connectivity index (χ2v) is 5.93. The van der Waals surface area contributed by atoms with E-state index >= 15 is 0 Å². The van der Waals surface area contributed by atoms with Crippen molar-refractivity contribution < 1.29 is 15.0 Å². The van der Waals surface area contributed by atoms with Crippen molar-refractivity contribution in [2.45, 2.75) is 46.8 Å². The van der Waals surface area contributed by atoms with E-state index in [9.17, 15) is 5.11 Å². The van der Waals surface area contributed by atoms with Crippen molar-refractivity contribution in [3.63, 3.8) is 0 Å². The second kappa shape index (κ2) is 4.72. The number of hydrogen-bond acceptors (Lipinski definition) is 3. The molecule has 2 N–H and O–H groups in total. The molecule has 0 unspecified atom stereocenters. The molecule has 0 aromatic heterocycles. The van der Waals surface area contributed by atoms with E-state index in [0.717, 1.165) is 6.92 Å². The molecule has 1 saturated carbocycles. The van der Waals surface area contributed by atoms with Gasteiger partial charge in [0.25, 0.3) is 5.97 Å². The molecule has 1 aliphatic carbocycles. The Morgan fingerprint density at radius 2 is 1.38 bits per heavy atom. The summed E-state index contributed by atoms with van der Waals surface area (Å²) in [4.78, 5) is 11.2. The number of rotatable bonds is 1. The third-order valence-corrected chi connectivity index (χ3v) is 3.34. The summed E-state index contributed by atoms with van der Waals surface area (Å²) in [6.07, 6.45) is -0.183. The topological polar surface area (TPSA) is 60.8 Å². The highest BCUT2D eigenvalue weighted by Crippen LogP contribution is 2.55. The maximum absolute atomic E-state index is 9.90. The zero-order chi connectivity index (χ0) is 13.3. The predicted octanol–water partition coefficient (Wildman–Crippen LogP) is 1.43. The van der Waals surface area contributed by atoms with E-state index in [0.29, 0.717) is 6.04 Å². The lowest BCUT2D eigenvalue weighted by Gasteiger charge is -2.64. The van der Waals surface area contributed by atoms with Gasteiger partial charge in [0.15, 0.2) is 0 Å². The van der Waals surface area contributed by atoms with Gasteiger partial charge in [-0.1, -0.05) is 27.7 Å². The van der Waals surface area contributed by atoms with Crippen molar-refractivity contribution in [3.05, 3.63) is 0 Å². The van der Waals surface area contributed by atoms with Crippen LogP contribution in [-0.2, 0) is 4.79 Å². The van der Waals surface area contributed by atoms with Gasteiger partial charge in [0.1, 0.15) is 0 Å². The van der Waals surface area contributed by atoms with Crippen molar-refractivity contribution in [2.24, 2.45) is 10.8 Å². The van der Waals surface area contributed by atoms with E-state index in [4.69, 9.17) is 9.90 Å². The van der Waals surface area contributed by atoms with Gasteiger partial charge < -0.3 is 15.1 Å². The van der Waals surface area contributed by atoms with Crippen LogP contribution in [-0.4, -0.2) is 47.3 Å². The number of aliphatic carboxylic acids is 1. The lowest BCUT2D eigenvalue weighted by Crippen LogP contribution is -2.71. The van der Waals surface area contributed by atoms with E-state index in [1.807, 2.05) is 0 Å². The first-order valence-electron chi connectivity index (χ1n) is 5.49. The Labute approximate surface area is 98.3 Å². The van der Waals surface area contributed by atoms with Gasteiger partial charge in [-0.25, -0.2) is 0 Å². The fourth-order valence-electron chi connectivity index (χ4n) is 3.45. The van der Waals surface area contributed by atoms with Gasteiger partial charge in [-0.15, -0.1) is 0 Å². The molecule has 4 nitrogen and oxygen atoms in total. The summed E-state index contributed by atoms with van der Waals surface area (Å²) in [5.74, 6) is -0.833. The number of aliphatic hydroxyl groups is 1. The lowest BCUT2D eigenvalue weighted by atomic mass is 9.49. The summed E-state index contributed by atoms with van der Waals surface area (Å²) < 4.78 is 0. The van der Waals surface area contributed by atoms with Crippen molar-refractivity contribution in [3.8, 4) is 0 Å². The first-order valence-corrected chi connectivity index (χ1v) is 5.49. The molecular weight excluding hydrogens is 206 g/mol. The van der Waals surface area contributed by atoms with Crippen LogP contribution in [0, 0.1) is 10.8 Å². The average molecular weight is 231 g/mol. The molecule has 1 aliphatic rings. The van der Waals surface area contributed by atoms with Crippen LogP contribution in [0.1, 0.15) is 34.6 Å². The maximum atomic E-state index is 9.90. The minimum Gasteiger partial charge on any atom is -0.481 e. The molecule has 16 heavy (non-hydrogen) atoms. The monoisotopic (exact) mass is 231 g/mol. The van der Waals surface area contributed by atoms with E-state index in [2.05, 4.69) is 46.7 Å². The highest BCUT2D eigenvalue weighted by molar-refractivity contribution is 5.62. The minimum absolute atomic E-state index is 0.0347. The average Bonchev–Trinajstić information content (AvgIpc) is 1.99. The predicted molar refractivity (Wildman–Crippen MR) is 64.4 cm³/mol. The van der Waals surface area contributed by atoms with Crippen LogP contribution in [0.4, 0.5) is 0 Å². The fraction of sp³-hybridized carbons (Fsp3) is 0.917. The molecule has 0 atom stereocenters. The molecule has 0 heterocycles. The van der Waals surface area contributed by atoms with Gasteiger partial charge in [-0.05, 0) is 14.1 Å². The number of carboxylic acids is 1. The summed E-state index contributed by atoms with van der Waals surface area (Å²) in [7, 11) is 4.17. The molecule has 0 radical (unpaired) electrons. The number of nitrogens with zero attached hydrogens (tertiary/aromatic N) is 1. The molecule has 4 heteroatoms. The number of hydrogen-bond donors (Lipinski definition) is 2. The van der Waals surface area contributed by atoms with Crippen LogP contribution < -0.4 is 0 Å². The quantitative estimate of drug-likeness (QED) is 0.717. The first-order chi connectivity index (χ1) is 6.95. The van der Waals surface area contributed by atoms with Crippen molar-refractivity contribution >= 4 is 5.97 Å². The van der Waals surface area contributed by atoms with Gasteiger partial charge in [0.2, 0.25) is 0 Å². The Balaban J connectivity index is 0.000000487. The summed E-state index contributed by atoms with van der Waals surface area (Å²) in [5.41, 5.74) is 0.0694. The molecular formula is C12H25NO3. The smallest absolute Gasteiger partial charge is 0.300 e. The van der Waals surface area contributed by atoms with Crippen LogP contribution in [0.2, 0.25) is 0 Å². The summed E-state index contributed by atoms with van der Waals surface area (Å²) in [6, 6.07) is 0.472. The van der Waals surface area contributed by atoms with Crippen molar-refractivity contribution in [1.82, 2.24) is 4.90 Å². The third-order valence-electron chi connectivity index (χ3n) is 3.34. The van der Waals surface area contributed by atoms with Crippen LogP contribution >= 0.6 is 0 Å². The van der Waals surface area contributed by atoms with E-state index in [1.165, 1.54) is 0 Å². The fourth-order valence-corrected chi connectivity index (χ4v) is 3.45. The molecule has 0 amide bonds. The lowest BCUT2D eigenvalue weighted by molar-refractivity contribution is -0.212. The number of carboxylic acid groups (broad SMARTS) is 1. The normalized spacial score (nSPS) is 30.1. The molecule has 1 fully saturated rings. The van der Waals surface area contributed by atoms with Crippen molar-refractivity contribution in [1.29, 1.82) is 0 Å². The maximum Gasteiger partial charge on any atom is 0.300 e. The van der Waals surface area contributed by atoms with E-state index in [-0.39, 0.29) is 16.9 Å². The Hall–Kier alpha value is -0.610. The second-order valence-electron chi connectivity index (χ2n) is 5.93. The Morgan fingerprint density at radius 1 is 1.12 bits per heavy atom. The Kier molecular flexibility index (Phi) is 4.54. The van der Waals surface area contributed by atoms with Crippen LogP contribution in [0.25, 0.3) is 0 Å². The molecule has 0 saturated heterocycles. The number of aliphatic hydroxyl groups excluding tert-OH is 1. The first kappa shape index (κ1) is 15.4. The van der Waals surface area contributed by atoms with Crippen LogP contribution in [0.3, 0.4) is 0 Å². The third kappa shape index (κ3) is 2.74. The Morgan fingerprint density at radius 3 is 1.50 bits per heavy atom. The van der Waals surface area contributed by atoms with Gasteiger partial charge in [-0.2, -0.15) is 0 Å². The SMILES string of the molecule is CC(=O)O.CN(C)C1C(C)(C)C(O)C1(C)C. The minimum atomic E-state index is -0.833. The number of carbonyl (C=O) groups is 1. The van der Waals surface area contributed by atoms with Gasteiger partial charge in [-0.3, -0.25) is 4.79 Å². The van der Waals surface area contributed by atoms with Gasteiger partial charge in [0.05, 0.1) is 6.10 Å². The summed E-state index contributed by atoms with van der Waals surface area (Å²) in [6.45, 7) is 9.61. The standard InChI is InChI=1S/C10H21NO.C2H4O2/c1-9(2)7(11(5)6)10(3,4)8(9)12;1-2(3)4/h7-8,12H,1-6H3;1H3,(H,3,4). The zero-order valence-electron chi connectivity index (χ0n) is 11.4. The molecule has 96 valence electrons. The summed E-state index contributed by atoms with van der Waals surface area (Å²) in [5, 5.41) is 17.3. The Bertz CT molecular complexity index is 239. The molecule has 0 spiro atoms. The largest absolute Gasteiger partial charge is 0.481 e. The molecule has 0 bridgehead atoms. The highest BCUT2D eigenvalue weighted by Gasteiger charge is 2.61. The van der Waals surface area contributed by atoms with E-state index in [1.54, 1.807) is 0 Å². The molecule has 0 aliphatic heterocycles. The van der Waals surface area contributed by atoms with Crippen LogP contribution in [0.15, 0.2) is 0 Å². The molecule has 1 rings (SSSR count). The van der Waals surface area contributed by atoms with E-state index < -0.39 is 5.97 Å². The van der Waals surface area contributed by atoms with Gasteiger partial charge in [0, 0.05) is 23.8 Å². The summed E-state index contributed by atoms with van der Waals surface area (Å²) >= 11 is 0. The molecule has 0 aromatic rings. The van der Waals surface area contributed by atoms with Gasteiger partial charge >= 0.3 is 0 Å².